The Morgan fingerprint density at radius 2 is 2.04 bits per heavy atom. The Labute approximate surface area is 148 Å². The van der Waals surface area contributed by atoms with Gasteiger partial charge in [0.1, 0.15) is 5.75 Å². The summed E-state index contributed by atoms with van der Waals surface area (Å²) in [5.41, 5.74) is 1.20. The van der Waals surface area contributed by atoms with Crippen molar-refractivity contribution in [3.8, 4) is 15.6 Å². The fourth-order valence-corrected chi connectivity index (χ4v) is 3.56. The highest BCUT2D eigenvalue weighted by Gasteiger charge is 2.10. The Hall–Kier alpha value is -2.25. The fraction of sp³-hybridized carbons (Fsp3) is 0.235. The average molecular weight is 359 g/mol. The quantitative estimate of drug-likeness (QED) is 0.636. The molecule has 2 aromatic heterocycles. The molecule has 3 aromatic rings. The van der Waals surface area contributed by atoms with Gasteiger partial charge in [0.15, 0.2) is 5.01 Å². The molecule has 5 nitrogen and oxygen atoms in total. The third-order valence-electron chi connectivity index (χ3n) is 3.24. The second kappa shape index (κ2) is 8.03. The highest BCUT2D eigenvalue weighted by Crippen LogP contribution is 2.29. The van der Waals surface area contributed by atoms with Crippen molar-refractivity contribution in [3.63, 3.8) is 0 Å². The van der Waals surface area contributed by atoms with Crippen molar-refractivity contribution in [2.24, 2.45) is 0 Å². The van der Waals surface area contributed by atoms with Gasteiger partial charge in [-0.05, 0) is 36.9 Å². The van der Waals surface area contributed by atoms with E-state index in [4.69, 9.17) is 4.74 Å². The molecule has 0 unspecified atom stereocenters. The second-order valence-corrected chi connectivity index (χ2v) is 7.13. The molecule has 0 bridgehead atoms. The van der Waals surface area contributed by atoms with Crippen LogP contribution in [-0.4, -0.2) is 22.7 Å². The molecule has 1 N–H and O–H groups in total. The van der Waals surface area contributed by atoms with Crippen LogP contribution in [0.15, 0.2) is 41.8 Å². The van der Waals surface area contributed by atoms with E-state index >= 15 is 0 Å². The maximum Gasteiger partial charge on any atom is 0.226 e. The van der Waals surface area contributed by atoms with Gasteiger partial charge in [0.2, 0.25) is 11.0 Å². The Morgan fingerprint density at radius 1 is 1.21 bits per heavy atom. The number of amides is 1. The average Bonchev–Trinajstić information content (AvgIpc) is 3.24. The number of benzene rings is 1. The number of anilines is 1. The summed E-state index contributed by atoms with van der Waals surface area (Å²) in [5.74, 6) is 0.752. The molecule has 7 heteroatoms. The lowest BCUT2D eigenvalue weighted by molar-refractivity contribution is -0.116. The minimum Gasteiger partial charge on any atom is -0.494 e. The molecule has 0 saturated carbocycles. The van der Waals surface area contributed by atoms with Crippen LogP contribution in [0.25, 0.3) is 9.88 Å². The largest absolute Gasteiger partial charge is 0.494 e. The standard InChI is InChI=1S/C17H17N3O2S2/c1-12-6-8-13(9-7-12)22-10-2-5-15(21)18-17-20-19-16(24-17)14-4-3-11-23-14/h3-4,6-9,11H,2,5,10H2,1H3,(H,18,20,21). The summed E-state index contributed by atoms with van der Waals surface area (Å²) in [6.07, 6.45) is 1.04. The van der Waals surface area contributed by atoms with Gasteiger partial charge >= 0.3 is 0 Å². The molecular weight excluding hydrogens is 342 g/mol. The van der Waals surface area contributed by atoms with Gasteiger partial charge in [-0.25, -0.2) is 0 Å². The van der Waals surface area contributed by atoms with Crippen molar-refractivity contribution in [1.82, 2.24) is 10.2 Å². The van der Waals surface area contributed by atoms with Crippen molar-refractivity contribution >= 4 is 33.7 Å². The van der Waals surface area contributed by atoms with Gasteiger partial charge in [-0.2, -0.15) is 0 Å². The summed E-state index contributed by atoms with van der Waals surface area (Å²) in [5, 5.41) is 14.2. The molecule has 24 heavy (non-hydrogen) atoms. The number of hydrogen-bond acceptors (Lipinski definition) is 6. The van der Waals surface area contributed by atoms with Crippen LogP contribution in [0, 0.1) is 6.92 Å². The van der Waals surface area contributed by atoms with Crippen LogP contribution in [0.4, 0.5) is 5.13 Å². The van der Waals surface area contributed by atoms with Gasteiger partial charge in [0, 0.05) is 6.42 Å². The van der Waals surface area contributed by atoms with Gasteiger partial charge < -0.3 is 10.1 Å². The molecule has 0 aliphatic rings. The first-order valence-electron chi connectivity index (χ1n) is 7.57. The number of rotatable bonds is 7. The zero-order chi connectivity index (χ0) is 16.8. The predicted octanol–water partition coefficient (Wildman–Crippen LogP) is 4.37. The highest BCUT2D eigenvalue weighted by molar-refractivity contribution is 7.23. The van der Waals surface area contributed by atoms with E-state index in [1.165, 1.54) is 16.9 Å². The van der Waals surface area contributed by atoms with E-state index in [1.807, 2.05) is 48.7 Å². The van der Waals surface area contributed by atoms with E-state index in [0.29, 0.717) is 24.6 Å². The molecule has 2 heterocycles. The topological polar surface area (TPSA) is 64.1 Å². The number of hydrogen-bond donors (Lipinski definition) is 1. The summed E-state index contributed by atoms with van der Waals surface area (Å²) in [7, 11) is 0. The maximum absolute atomic E-state index is 11.9. The van der Waals surface area contributed by atoms with E-state index in [0.717, 1.165) is 15.6 Å². The zero-order valence-electron chi connectivity index (χ0n) is 13.2. The van der Waals surface area contributed by atoms with E-state index in [-0.39, 0.29) is 5.91 Å². The molecule has 0 aliphatic carbocycles. The molecule has 0 saturated heterocycles. The highest BCUT2D eigenvalue weighted by atomic mass is 32.1. The number of nitrogens with zero attached hydrogens (tertiary/aromatic N) is 2. The third-order valence-corrected chi connectivity index (χ3v) is 5.12. The summed E-state index contributed by atoms with van der Waals surface area (Å²) in [4.78, 5) is 13.0. The normalized spacial score (nSPS) is 10.5. The van der Waals surface area contributed by atoms with E-state index in [9.17, 15) is 4.79 Å². The SMILES string of the molecule is Cc1ccc(OCCCC(=O)Nc2nnc(-c3cccs3)s2)cc1. The number of carbonyl (C=O) groups excluding carboxylic acids is 1. The smallest absolute Gasteiger partial charge is 0.226 e. The van der Waals surface area contributed by atoms with Crippen molar-refractivity contribution in [2.45, 2.75) is 19.8 Å². The summed E-state index contributed by atoms with van der Waals surface area (Å²) in [6.45, 7) is 2.54. The zero-order valence-corrected chi connectivity index (χ0v) is 14.8. The number of ether oxygens (including phenoxy) is 1. The molecular formula is C17H17N3O2S2. The molecule has 1 amide bonds. The van der Waals surface area contributed by atoms with Crippen molar-refractivity contribution in [1.29, 1.82) is 0 Å². The Bertz CT molecular complexity index is 783. The monoisotopic (exact) mass is 359 g/mol. The van der Waals surface area contributed by atoms with Crippen LogP contribution in [-0.2, 0) is 4.79 Å². The minimum absolute atomic E-state index is 0.0728. The van der Waals surface area contributed by atoms with E-state index < -0.39 is 0 Å². The first-order chi connectivity index (χ1) is 11.7. The fourth-order valence-electron chi connectivity index (χ4n) is 2.01. The molecule has 1 aromatic carbocycles. The number of carbonyl (C=O) groups is 1. The third kappa shape index (κ3) is 4.62. The van der Waals surface area contributed by atoms with Gasteiger partial charge in [-0.1, -0.05) is 35.1 Å². The lowest BCUT2D eigenvalue weighted by Gasteiger charge is -2.06. The number of nitrogens with one attached hydrogen (secondary N) is 1. The molecule has 3 rings (SSSR count). The Kier molecular flexibility index (Phi) is 5.55. The molecule has 0 fully saturated rings. The lowest BCUT2D eigenvalue weighted by Crippen LogP contribution is -2.12. The lowest BCUT2D eigenvalue weighted by atomic mass is 10.2. The van der Waals surface area contributed by atoms with Crippen LogP contribution in [0.1, 0.15) is 18.4 Å². The number of aryl methyl sites for hydroxylation is 1. The van der Waals surface area contributed by atoms with Gasteiger partial charge in [0.25, 0.3) is 0 Å². The van der Waals surface area contributed by atoms with Crippen LogP contribution in [0.3, 0.4) is 0 Å². The summed E-state index contributed by atoms with van der Waals surface area (Å²) in [6, 6.07) is 11.8. The maximum atomic E-state index is 11.9. The molecule has 0 aliphatic heterocycles. The summed E-state index contributed by atoms with van der Waals surface area (Å²) < 4.78 is 5.61. The van der Waals surface area contributed by atoms with E-state index in [1.54, 1.807) is 11.3 Å². The van der Waals surface area contributed by atoms with Gasteiger partial charge in [0.05, 0.1) is 11.5 Å². The van der Waals surface area contributed by atoms with E-state index in [2.05, 4.69) is 15.5 Å². The van der Waals surface area contributed by atoms with Gasteiger partial charge in [-0.3, -0.25) is 4.79 Å². The first-order valence-corrected chi connectivity index (χ1v) is 9.27. The second-order valence-electron chi connectivity index (χ2n) is 5.20. The molecule has 124 valence electrons. The molecule has 0 spiro atoms. The van der Waals surface area contributed by atoms with Crippen LogP contribution >= 0.6 is 22.7 Å². The molecule has 0 atom stereocenters. The Balaban J connectivity index is 1.40. The Morgan fingerprint density at radius 3 is 2.79 bits per heavy atom. The number of aromatic nitrogens is 2. The van der Waals surface area contributed by atoms with Crippen molar-refractivity contribution < 1.29 is 9.53 Å². The van der Waals surface area contributed by atoms with Crippen LogP contribution in [0.5, 0.6) is 5.75 Å². The first kappa shape index (κ1) is 16.6. The van der Waals surface area contributed by atoms with Crippen LogP contribution < -0.4 is 10.1 Å². The number of thiophene rings is 1. The van der Waals surface area contributed by atoms with Gasteiger partial charge in [-0.15, -0.1) is 21.5 Å². The van der Waals surface area contributed by atoms with Crippen molar-refractivity contribution in [3.05, 3.63) is 47.3 Å². The van der Waals surface area contributed by atoms with Crippen molar-refractivity contribution in [2.75, 3.05) is 11.9 Å². The molecule has 0 radical (unpaired) electrons. The van der Waals surface area contributed by atoms with Crippen LogP contribution in [0.2, 0.25) is 0 Å². The summed E-state index contributed by atoms with van der Waals surface area (Å²) >= 11 is 2.98. The minimum atomic E-state index is -0.0728. The predicted molar refractivity (Wildman–Crippen MR) is 97.8 cm³/mol.